The van der Waals surface area contributed by atoms with Crippen molar-refractivity contribution in [3.8, 4) is 0 Å². The minimum atomic E-state index is -0.588. The summed E-state index contributed by atoms with van der Waals surface area (Å²) in [4.78, 5) is 28.8. The van der Waals surface area contributed by atoms with Gasteiger partial charge in [-0.1, -0.05) is 37.6 Å². The second kappa shape index (κ2) is 8.24. The van der Waals surface area contributed by atoms with E-state index >= 15 is 0 Å². The first kappa shape index (κ1) is 17.7. The van der Waals surface area contributed by atoms with Crippen molar-refractivity contribution in [3.05, 3.63) is 65.5 Å². The van der Waals surface area contributed by atoms with Gasteiger partial charge >= 0.3 is 0 Å². The van der Waals surface area contributed by atoms with Gasteiger partial charge in [0.15, 0.2) is 0 Å². The number of hydrogen-bond acceptors (Lipinski definition) is 3. The molecule has 0 aliphatic rings. The Morgan fingerprint density at radius 3 is 2.42 bits per heavy atom. The Morgan fingerprint density at radius 2 is 1.83 bits per heavy atom. The summed E-state index contributed by atoms with van der Waals surface area (Å²) in [6.07, 6.45) is 3.39. The van der Waals surface area contributed by atoms with Crippen LogP contribution in [-0.2, 0) is 11.3 Å². The van der Waals surface area contributed by atoms with Gasteiger partial charge in [-0.25, -0.2) is 0 Å². The van der Waals surface area contributed by atoms with Crippen LogP contribution in [0.2, 0.25) is 0 Å². The van der Waals surface area contributed by atoms with Crippen molar-refractivity contribution in [2.45, 2.75) is 33.4 Å². The highest BCUT2D eigenvalue weighted by Gasteiger charge is 2.24. The standard InChI is InChI=1S/C19H23N3O2/c1-13(2)17(19(24)21-12-15-5-4-10-20-11-15)22-18(23)16-8-6-14(3)7-9-16/h4-11,13,17H,12H2,1-3H3,(H,21,24)(H,22,23)/t17-/m0/s1. The lowest BCUT2D eigenvalue weighted by Crippen LogP contribution is -2.49. The molecular formula is C19H23N3O2. The van der Waals surface area contributed by atoms with Crippen molar-refractivity contribution < 1.29 is 9.59 Å². The Balaban J connectivity index is 1.99. The summed E-state index contributed by atoms with van der Waals surface area (Å²) in [6, 6.07) is 10.4. The predicted octanol–water partition coefficient (Wildman–Crippen LogP) is 2.46. The van der Waals surface area contributed by atoms with Crippen LogP contribution in [0.3, 0.4) is 0 Å². The normalized spacial score (nSPS) is 11.8. The summed E-state index contributed by atoms with van der Waals surface area (Å²) < 4.78 is 0. The Morgan fingerprint density at radius 1 is 1.12 bits per heavy atom. The zero-order chi connectivity index (χ0) is 17.5. The first-order chi connectivity index (χ1) is 11.5. The third-order valence-corrected chi connectivity index (χ3v) is 3.74. The highest BCUT2D eigenvalue weighted by atomic mass is 16.2. The number of amides is 2. The van der Waals surface area contributed by atoms with E-state index in [0.717, 1.165) is 11.1 Å². The zero-order valence-electron chi connectivity index (χ0n) is 14.2. The monoisotopic (exact) mass is 325 g/mol. The molecule has 0 saturated heterocycles. The lowest BCUT2D eigenvalue weighted by molar-refractivity contribution is -0.124. The molecule has 2 N–H and O–H groups in total. The van der Waals surface area contributed by atoms with Gasteiger partial charge in [0.25, 0.3) is 5.91 Å². The molecule has 126 valence electrons. The molecule has 24 heavy (non-hydrogen) atoms. The molecule has 2 rings (SSSR count). The Hall–Kier alpha value is -2.69. The maximum absolute atomic E-state index is 12.4. The van der Waals surface area contributed by atoms with Gasteiger partial charge < -0.3 is 10.6 Å². The average Bonchev–Trinajstić information content (AvgIpc) is 2.58. The number of carbonyl (C=O) groups is 2. The van der Waals surface area contributed by atoms with Crippen LogP contribution < -0.4 is 10.6 Å². The van der Waals surface area contributed by atoms with Gasteiger partial charge in [0.2, 0.25) is 5.91 Å². The van der Waals surface area contributed by atoms with E-state index in [1.807, 2.05) is 45.0 Å². The van der Waals surface area contributed by atoms with Crippen LogP contribution in [0.1, 0.15) is 35.3 Å². The van der Waals surface area contributed by atoms with Gasteiger partial charge in [0, 0.05) is 24.5 Å². The molecule has 2 amide bonds. The molecule has 1 aromatic carbocycles. The van der Waals surface area contributed by atoms with Gasteiger partial charge in [0.1, 0.15) is 6.04 Å². The molecular weight excluding hydrogens is 302 g/mol. The molecule has 0 unspecified atom stereocenters. The van der Waals surface area contributed by atoms with Gasteiger partial charge in [-0.15, -0.1) is 0 Å². The summed E-state index contributed by atoms with van der Waals surface area (Å²) in [6.45, 7) is 6.16. The molecule has 2 aromatic rings. The molecule has 0 spiro atoms. The van der Waals surface area contributed by atoms with Crippen LogP contribution in [0.5, 0.6) is 0 Å². The van der Waals surface area contributed by atoms with E-state index in [1.54, 1.807) is 24.5 Å². The zero-order valence-corrected chi connectivity index (χ0v) is 14.2. The number of nitrogens with zero attached hydrogens (tertiary/aromatic N) is 1. The Bertz CT molecular complexity index is 682. The highest BCUT2D eigenvalue weighted by molar-refractivity contribution is 5.97. The first-order valence-electron chi connectivity index (χ1n) is 8.01. The molecule has 1 heterocycles. The van der Waals surface area contributed by atoms with Crippen LogP contribution in [-0.4, -0.2) is 22.8 Å². The summed E-state index contributed by atoms with van der Waals surface area (Å²) >= 11 is 0. The third-order valence-electron chi connectivity index (χ3n) is 3.74. The van der Waals surface area contributed by atoms with Gasteiger partial charge in [-0.05, 0) is 36.6 Å². The summed E-state index contributed by atoms with van der Waals surface area (Å²) in [5.74, 6) is -0.465. The van der Waals surface area contributed by atoms with Crippen molar-refractivity contribution >= 4 is 11.8 Å². The fourth-order valence-electron chi connectivity index (χ4n) is 2.27. The van der Waals surface area contributed by atoms with E-state index in [1.165, 1.54) is 0 Å². The van der Waals surface area contributed by atoms with E-state index in [4.69, 9.17) is 0 Å². The van der Waals surface area contributed by atoms with Crippen LogP contribution in [0.15, 0.2) is 48.8 Å². The fraction of sp³-hybridized carbons (Fsp3) is 0.316. The van der Waals surface area contributed by atoms with Crippen molar-refractivity contribution in [2.75, 3.05) is 0 Å². The second-order valence-corrected chi connectivity index (χ2v) is 6.14. The number of rotatable bonds is 6. The van der Waals surface area contributed by atoms with E-state index in [2.05, 4.69) is 15.6 Å². The molecule has 5 heteroatoms. The van der Waals surface area contributed by atoms with Gasteiger partial charge in [-0.3, -0.25) is 14.6 Å². The number of carbonyl (C=O) groups excluding carboxylic acids is 2. The van der Waals surface area contributed by atoms with Gasteiger partial charge in [0.05, 0.1) is 0 Å². The lowest BCUT2D eigenvalue weighted by atomic mass is 10.0. The maximum Gasteiger partial charge on any atom is 0.251 e. The third kappa shape index (κ3) is 4.91. The number of nitrogens with one attached hydrogen (secondary N) is 2. The van der Waals surface area contributed by atoms with E-state index in [9.17, 15) is 9.59 Å². The van der Waals surface area contributed by atoms with Crippen LogP contribution >= 0.6 is 0 Å². The van der Waals surface area contributed by atoms with Crippen molar-refractivity contribution in [3.63, 3.8) is 0 Å². The SMILES string of the molecule is Cc1ccc(C(=O)N[C@H](C(=O)NCc2cccnc2)C(C)C)cc1. The maximum atomic E-state index is 12.4. The Kier molecular flexibility index (Phi) is 6.07. The van der Waals surface area contributed by atoms with E-state index < -0.39 is 6.04 Å². The van der Waals surface area contributed by atoms with Crippen LogP contribution in [0.25, 0.3) is 0 Å². The topological polar surface area (TPSA) is 71.1 Å². The predicted molar refractivity (Wildman–Crippen MR) is 93.4 cm³/mol. The molecule has 0 saturated carbocycles. The summed E-state index contributed by atoms with van der Waals surface area (Å²) in [7, 11) is 0. The van der Waals surface area contributed by atoms with Crippen LogP contribution in [0, 0.1) is 12.8 Å². The summed E-state index contributed by atoms with van der Waals surface area (Å²) in [5, 5.41) is 5.67. The molecule has 5 nitrogen and oxygen atoms in total. The number of pyridine rings is 1. The lowest BCUT2D eigenvalue weighted by Gasteiger charge is -2.21. The molecule has 1 atom stereocenters. The fourth-order valence-corrected chi connectivity index (χ4v) is 2.27. The average molecular weight is 325 g/mol. The van der Waals surface area contributed by atoms with Crippen molar-refractivity contribution in [1.82, 2.24) is 15.6 Å². The van der Waals surface area contributed by atoms with Crippen molar-refractivity contribution in [1.29, 1.82) is 0 Å². The number of hydrogen-bond donors (Lipinski definition) is 2. The quantitative estimate of drug-likeness (QED) is 0.857. The van der Waals surface area contributed by atoms with Gasteiger partial charge in [-0.2, -0.15) is 0 Å². The van der Waals surface area contributed by atoms with E-state index in [-0.39, 0.29) is 17.7 Å². The largest absolute Gasteiger partial charge is 0.350 e. The number of aromatic nitrogens is 1. The second-order valence-electron chi connectivity index (χ2n) is 6.14. The highest BCUT2D eigenvalue weighted by Crippen LogP contribution is 2.07. The molecule has 0 aliphatic carbocycles. The van der Waals surface area contributed by atoms with E-state index in [0.29, 0.717) is 12.1 Å². The minimum absolute atomic E-state index is 0.0201. The molecule has 0 radical (unpaired) electrons. The summed E-state index contributed by atoms with van der Waals surface area (Å²) in [5.41, 5.74) is 2.55. The van der Waals surface area contributed by atoms with Crippen molar-refractivity contribution in [2.24, 2.45) is 5.92 Å². The number of aryl methyl sites for hydroxylation is 1. The smallest absolute Gasteiger partial charge is 0.251 e. The molecule has 0 fully saturated rings. The molecule has 1 aromatic heterocycles. The molecule has 0 bridgehead atoms. The minimum Gasteiger partial charge on any atom is -0.350 e. The van der Waals surface area contributed by atoms with Crippen LogP contribution in [0.4, 0.5) is 0 Å². The number of benzene rings is 1. The first-order valence-corrected chi connectivity index (χ1v) is 8.01. The Labute approximate surface area is 142 Å². The molecule has 0 aliphatic heterocycles.